The fourth-order valence-electron chi connectivity index (χ4n) is 2.58. The quantitative estimate of drug-likeness (QED) is 0.380. The lowest BCUT2D eigenvalue weighted by Gasteiger charge is -2.05. The minimum absolute atomic E-state index is 0.0872. The Morgan fingerprint density at radius 2 is 1.83 bits per heavy atom. The predicted molar refractivity (Wildman–Crippen MR) is 105 cm³/mol. The minimum Gasteiger partial charge on any atom is -0.465 e. The van der Waals surface area contributed by atoms with E-state index in [0.29, 0.717) is 11.3 Å². The van der Waals surface area contributed by atoms with Crippen molar-refractivity contribution in [3.63, 3.8) is 0 Å². The van der Waals surface area contributed by atoms with Crippen molar-refractivity contribution in [1.29, 1.82) is 0 Å². The minimum atomic E-state index is -0.800. The van der Waals surface area contributed by atoms with Gasteiger partial charge >= 0.3 is 5.97 Å². The number of thiazole rings is 1. The number of aryl methyl sites for hydroxylation is 1. The molecule has 3 rings (SSSR count). The first-order valence-electron chi connectivity index (χ1n) is 8.21. The number of anilines is 1. The molecule has 3 aromatic rings. The molecule has 148 valence electrons. The van der Waals surface area contributed by atoms with Gasteiger partial charge in [-0.1, -0.05) is 0 Å². The third kappa shape index (κ3) is 4.43. The van der Waals surface area contributed by atoms with Gasteiger partial charge in [0.2, 0.25) is 0 Å². The van der Waals surface area contributed by atoms with Gasteiger partial charge in [-0.2, -0.15) is 0 Å². The number of halogens is 1. The van der Waals surface area contributed by atoms with Crippen molar-refractivity contribution in [2.75, 3.05) is 12.4 Å². The summed E-state index contributed by atoms with van der Waals surface area (Å²) in [5.41, 5.74) is 0.647. The average Bonchev–Trinajstić information content (AvgIpc) is 3.07. The molecule has 2 aromatic carbocycles. The number of rotatable bonds is 5. The second-order valence-corrected chi connectivity index (χ2v) is 7.11. The van der Waals surface area contributed by atoms with Crippen LogP contribution in [0.1, 0.15) is 25.6 Å². The Balaban J connectivity index is 1.90. The van der Waals surface area contributed by atoms with Crippen LogP contribution in [0.25, 0.3) is 11.3 Å². The number of nitro benzene ring substituents is 1. The van der Waals surface area contributed by atoms with Crippen molar-refractivity contribution in [3.8, 4) is 11.3 Å². The maximum atomic E-state index is 13.1. The van der Waals surface area contributed by atoms with Crippen molar-refractivity contribution in [2.45, 2.75) is 6.92 Å². The van der Waals surface area contributed by atoms with Gasteiger partial charge in [-0.15, -0.1) is 11.3 Å². The number of non-ortho nitro benzene ring substituents is 1. The van der Waals surface area contributed by atoms with Crippen LogP contribution in [0.3, 0.4) is 0 Å². The molecule has 0 aliphatic heterocycles. The zero-order valence-electron chi connectivity index (χ0n) is 15.3. The standard InChI is InChI=1S/C19H14FN3O5S/c1-10-16(11-3-5-14(20)6-4-11)21-19(29-10)22-17(24)12-7-13(18(25)28-2)9-15(8-12)23(26)27/h3-9H,1-2H3,(H,21,22,24). The molecular formula is C19H14FN3O5S. The van der Waals surface area contributed by atoms with Gasteiger partial charge in [-0.05, 0) is 37.3 Å². The number of ether oxygens (including phenoxy) is 1. The van der Waals surface area contributed by atoms with Crippen molar-refractivity contribution in [3.05, 3.63) is 74.4 Å². The van der Waals surface area contributed by atoms with Crippen molar-refractivity contribution < 1.29 is 23.6 Å². The molecule has 0 saturated heterocycles. The van der Waals surface area contributed by atoms with Gasteiger partial charge in [0.15, 0.2) is 5.13 Å². The highest BCUT2D eigenvalue weighted by atomic mass is 32.1. The van der Waals surface area contributed by atoms with E-state index >= 15 is 0 Å². The number of hydrogen-bond acceptors (Lipinski definition) is 7. The van der Waals surface area contributed by atoms with Crippen LogP contribution >= 0.6 is 11.3 Å². The highest BCUT2D eigenvalue weighted by Gasteiger charge is 2.20. The number of nitrogens with one attached hydrogen (secondary N) is 1. The SMILES string of the molecule is COC(=O)c1cc(C(=O)Nc2nc(-c3ccc(F)cc3)c(C)s2)cc([N+](=O)[O-])c1. The highest BCUT2D eigenvalue weighted by molar-refractivity contribution is 7.16. The third-order valence-corrected chi connectivity index (χ3v) is 4.83. The van der Waals surface area contributed by atoms with Gasteiger partial charge in [0.05, 0.1) is 23.3 Å². The molecule has 0 radical (unpaired) electrons. The summed E-state index contributed by atoms with van der Waals surface area (Å²) in [6.07, 6.45) is 0. The number of amides is 1. The predicted octanol–water partition coefficient (Wildman–Crippen LogP) is 4.20. The number of hydrogen-bond donors (Lipinski definition) is 1. The fraction of sp³-hybridized carbons (Fsp3) is 0.105. The molecule has 8 nitrogen and oxygen atoms in total. The van der Waals surface area contributed by atoms with Crippen molar-refractivity contribution in [2.24, 2.45) is 0 Å². The van der Waals surface area contributed by atoms with Crippen molar-refractivity contribution in [1.82, 2.24) is 4.98 Å². The lowest BCUT2D eigenvalue weighted by molar-refractivity contribution is -0.384. The molecule has 1 N–H and O–H groups in total. The van der Waals surface area contributed by atoms with E-state index < -0.39 is 22.5 Å². The first kappa shape index (κ1) is 20.1. The number of carbonyl (C=O) groups excluding carboxylic acids is 2. The van der Waals surface area contributed by atoms with Gasteiger partial charge < -0.3 is 4.74 Å². The number of methoxy groups -OCH3 is 1. The Kier molecular flexibility index (Phi) is 5.64. The normalized spacial score (nSPS) is 10.4. The van der Waals surface area contributed by atoms with Crippen LogP contribution < -0.4 is 5.32 Å². The van der Waals surface area contributed by atoms with Gasteiger partial charge in [0, 0.05) is 28.1 Å². The summed E-state index contributed by atoms with van der Waals surface area (Å²) in [6, 6.07) is 9.06. The lowest BCUT2D eigenvalue weighted by Crippen LogP contribution is -2.13. The van der Waals surface area contributed by atoms with E-state index in [1.165, 1.54) is 29.5 Å². The Morgan fingerprint density at radius 1 is 1.17 bits per heavy atom. The molecule has 10 heteroatoms. The van der Waals surface area contributed by atoms with Crippen LogP contribution in [-0.4, -0.2) is 28.9 Å². The summed E-state index contributed by atoms with van der Waals surface area (Å²) >= 11 is 1.20. The van der Waals surface area contributed by atoms with E-state index in [-0.39, 0.29) is 22.1 Å². The van der Waals surface area contributed by atoms with Crippen molar-refractivity contribution >= 4 is 34.0 Å². The highest BCUT2D eigenvalue weighted by Crippen LogP contribution is 2.31. The molecule has 0 aliphatic rings. The van der Waals surface area contributed by atoms with E-state index in [9.17, 15) is 24.1 Å². The van der Waals surface area contributed by atoms with Gasteiger partial charge in [-0.25, -0.2) is 14.2 Å². The van der Waals surface area contributed by atoms with E-state index in [4.69, 9.17) is 0 Å². The van der Waals surface area contributed by atoms with E-state index in [1.54, 1.807) is 19.1 Å². The molecule has 0 spiro atoms. The summed E-state index contributed by atoms with van der Waals surface area (Å²) in [5, 5.41) is 13.9. The van der Waals surface area contributed by atoms with E-state index in [2.05, 4.69) is 15.0 Å². The lowest BCUT2D eigenvalue weighted by atomic mass is 10.1. The molecule has 0 fully saturated rings. The second kappa shape index (κ2) is 8.15. The molecular weight excluding hydrogens is 401 g/mol. The largest absolute Gasteiger partial charge is 0.465 e. The number of nitrogens with zero attached hydrogens (tertiary/aromatic N) is 2. The van der Waals surface area contributed by atoms with Crippen LogP contribution in [0.4, 0.5) is 15.2 Å². The van der Waals surface area contributed by atoms with Gasteiger partial charge in [0.1, 0.15) is 5.82 Å². The maximum Gasteiger partial charge on any atom is 0.338 e. The molecule has 1 aromatic heterocycles. The zero-order valence-corrected chi connectivity index (χ0v) is 16.1. The summed E-state index contributed by atoms with van der Waals surface area (Å²) in [5.74, 6) is -1.84. The second-order valence-electron chi connectivity index (χ2n) is 5.90. The maximum absolute atomic E-state index is 13.1. The summed E-state index contributed by atoms with van der Waals surface area (Å²) in [7, 11) is 1.14. The summed E-state index contributed by atoms with van der Waals surface area (Å²) in [4.78, 5) is 39.9. The van der Waals surface area contributed by atoms with Gasteiger partial charge in [0.25, 0.3) is 11.6 Å². The van der Waals surface area contributed by atoms with Gasteiger partial charge in [-0.3, -0.25) is 20.2 Å². The fourth-order valence-corrected chi connectivity index (χ4v) is 3.41. The monoisotopic (exact) mass is 415 g/mol. The molecule has 0 saturated carbocycles. The number of nitro groups is 1. The summed E-state index contributed by atoms with van der Waals surface area (Å²) in [6.45, 7) is 1.80. The third-order valence-electron chi connectivity index (χ3n) is 3.95. The average molecular weight is 415 g/mol. The number of aromatic nitrogens is 1. The molecule has 29 heavy (non-hydrogen) atoms. The van der Waals surface area contributed by atoms with Crippen LogP contribution in [0, 0.1) is 22.9 Å². The number of carbonyl (C=O) groups is 2. The van der Waals surface area contributed by atoms with Crippen LogP contribution in [-0.2, 0) is 4.74 Å². The van der Waals surface area contributed by atoms with Crippen LogP contribution in [0.2, 0.25) is 0 Å². The molecule has 1 amide bonds. The smallest absolute Gasteiger partial charge is 0.338 e. The first-order valence-corrected chi connectivity index (χ1v) is 9.02. The van der Waals surface area contributed by atoms with E-state index in [0.717, 1.165) is 24.1 Å². The van der Waals surface area contributed by atoms with E-state index in [1.807, 2.05) is 0 Å². The Bertz CT molecular complexity index is 1110. The van der Waals surface area contributed by atoms with Crippen LogP contribution in [0.5, 0.6) is 0 Å². The Labute approximate surface area is 168 Å². The first-order chi connectivity index (χ1) is 13.8. The molecule has 0 atom stereocenters. The molecule has 0 unspecified atom stereocenters. The molecule has 0 aliphatic carbocycles. The topological polar surface area (TPSA) is 111 Å². The Hall–Kier alpha value is -3.66. The number of esters is 1. The molecule has 1 heterocycles. The number of benzene rings is 2. The van der Waals surface area contributed by atoms with Crippen LogP contribution in [0.15, 0.2) is 42.5 Å². The molecule has 0 bridgehead atoms. The summed E-state index contributed by atoms with van der Waals surface area (Å²) < 4.78 is 17.7. The Morgan fingerprint density at radius 3 is 2.45 bits per heavy atom. The zero-order chi connectivity index (χ0) is 21.1.